The van der Waals surface area contributed by atoms with Crippen LogP contribution in [-0.4, -0.2) is 12.0 Å². The number of benzene rings is 1. The number of amides is 1. The molecule has 0 heterocycles. The van der Waals surface area contributed by atoms with E-state index in [2.05, 4.69) is 26.1 Å². The summed E-state index contributed by atoms with van der Waals surface area (Å²) >= 11 is 0. The molecule has 0 saturated heterocycles. The lowest BCUT2D eigenvalue weighted by Gasteiger charge is -2.22. The summed E-state index contributed by atoms with van der Waals surface area (Å²) in [5, 5.41) is 3.02. The third-order valence-corrected chi connectivity index (χ3v) is 4.28. The van der Waals surface area contributed by atoms with Crippen molar-refractivity contribution in [1.29, 1.82) is 0 Å². The molecule has 2 rings (SSSR count). The topological polar surface area (TPSA) is 38.3 Å². The first-order valence-corrected chi connectivity index (χ1v) is 7.62. The number of anilines is 1. The number of hydrogen-bond donors (Lipinski definition) is 1. The molecule has 0 radical (unpaired) electrons. The van der Waals surface area contributed by atoms with E-state index in [4.69, 9.17) is 4.74 Å². The highest BCUT2D eigenvalue weighted by atomic mass is 16.5. The lowest BCUT2D eigenvalue weighted by Crippen LogP contribution is -2.30. The summed E-state index contributed by atoms with van der Waals surface area (Å²) in [6.07, 6.45) is 5.50. The van der Waals surface area contributed by atoms with Crippen LogP contribution < -0.4 is 10.1 Å². The van der Waals surface area contributed by atoms with Gasteiger partial charge in [0.25, 0.3) is 0 Å². The fourth-order valence-corrected chi connectivity index (χ4v) is 2.60. The van der Waals surface area contributed by atoms with E-state index >= 15 is 0 Å². The fraction of sp³-hybridized carbons (Fsp3) is 0.588. The summed E-state index contributed by atoms with van der Waals surface area (Å²) in [5.74, 6) is 0.995. The van der Waals surface area contributed by atoms with Crippen molar-refractivity contribution in [1.82, 2.24) is 0 Å². The molecule has 0 bridgehead atoms. The lowest BCUT2D eigenvalue weighted by molar-refractivity contribution is -0.124. The Bertz CT molecular complexity index is 447. The Morgan fingerprint density at radius 1 is 1.30 bits per heavy atom. The van der Waals surface area contributed by atoms with E-state index in [1.54, 1.807) is 0 Å². The van der Waals surface area contributed by atoms with E-state index in [-0.39, 0.29) is 17.4 Å². The predicted octanol–water partition coefficient (Wildman–Crippen LogP) is 4.38. The third-order valence-electron chi connectivity index (χ3n) is 4.28. The molecule has 1 saturated carbocycles. The lowest BCUT2D eigenvalue weighted by atomic mass is 9.88. The predicted molar refractivity (Wildman–Crippen MR) is 82.0 cm³/mol. The van der Waals surface area contributed by atoms with Crippen LogP contribution in [0.4, 0.5) is 5.69 Å². The van der Waals surface area contributed by atoms with Gasteiger partial charge in [-0.15, -0.1) is 0 Å². The molecule has 1 N–H and O–H groups in total. The van der Waals surface area contributed by atoms with Crippen LogP contribution in [0.2, 0.25) is 0 Å². The molecule has 1 aliphatic carbocycles. The van der Waals surface area contributed by atoms with E-state index in [1.807, 2.05) is 24.3 Å². The normalized spacial score (nSPS) is 18.6. The maximum atomic E-state index is 12.3. The Labute approximate surface area is 121 Å². The molecule has 3 heteroatoms. The highest BCUT2D eigenvalue weighted by Gasteiger charge is 2.36. The number of hydrogen-bond acceptors (Lipinski definition) is 2. The minimum absolute atomic E-state index is 0.144. The van der Waals surface area contributed by atoms with E-state index in [0.29, 0.717) is 0 Å². The minimum Gasteiger partial charge on any atom is -0.491 e. The summed E-state index contributed by atoms with van der Waals surface area (Å²) < 4.78 is 5.73. The second kappa shape index (κ2) is 6.29. The van der Waals surface area contributed by atoms with Crippen LogP contribution in [0.3, 0.4) is 0 Å². The Morgan fingerprint density at radius 2 is 1.90 bits per heavy atom. The van der Waals surface area contributed by atoms with Crippen LogP contribution in [0.25, 0.3) is 0 Å². The monoisotopic (exact) mass is 275 g/mol. The number of rotatable bonds is 5. The first kappa shape index (κ1) is 14.9. The molecule has 3 nitrogen and oxygen atoms in total. The average molecular weight is 275 g/mol. The standard InChI is InChI=1S/C17H25NO2/c1-4-13(2)20-15-9-7-14(8-10-15)18-16(19)17(3)11-5-6-12-17/h7-10,13H,4-6,11-12H2,1-3H3,(H,18,19)/t13-/m0/s1. The van der Waals surface area contributed by atoms with Crippen LogP contribution in [0.1, 0.15) is 52.9 Å². The van der Waals surface area contributed by atoms with Crippen molar-refractivity contribution in [2.45, 2.75) is 59.0 Å². The van der Waals surface area contributed by atoms with E-state index in [0.717, 1.165) is 43.5 Å². The molecule has 0 aromatic heterocycles. The summed E-state index contributed by atoms with van der Waals surface area (Å²) in [6.45, 7) is 6.22. The zero-order chi connectivity index (χ0) is 14.6. The van der Waals surface area contributed by atoms with Crippen molar-refractivity contribution in [2.24, 2.45) is 5.41 Å². The van der Waals surface area contributed by atoms with Gasteiger partial charge >= 0.3 is 0 Å². The van der Waals surface area contributed by atoms with Gasteiger partial charge in [-0.2, -0.15) is 0 Å². The summed E-state index contributed by atoms with van der Waals surface area (Å²) in [5.41, 5.74) is 0.658. The van der Waals surface area contributed by atoms with Gasteiger partial charge in [0.2, 0.25) is 5.91 Å². The molecular formula is C17H25NO2. The first-order chi connectivity index (χ1) is 9.53. The van der Waals surface area contributed by atoms with Crippen LogP contribution in [0, 0.1) is 5.41 Å². The summed E-state index contributed by atoms with van der Waals surface area (Å²) in [4.78, 5) is 12.3. The second-order valence-corrected chi connectivity index (χ2v) is 6.08. The molecule has 1 aromatic rings. The number of nitrogens with one attached hydrogen (secondary N) is 1. The van der Waals surface area contributed by atoms with Crippen molar-refractivity contribution in [3.63, 3.8) is 0 Å². The maximum absolute atomic E-state index is 12.3. The Morgan fingerprint density at radius 3 is 2.45 bits per heavy atom. The maximum Gasteiger partial charge on any atom is 0.230 e. The van der Waals surface area contributed by atoms with Gasteiger partial charge in [-0.1, -0.05) is 26.7 Å². The molecule has 1 aromatic carbocycles. The molecule has 1 aliphatic rings. The average Bonchev–Trinajstić information content (AvgIpc) is 2.89. The van der Waals surface area contributed by atoms with Crippen LogP contribution in [0.15, 0.2) is 24.3 Å². The van der Waals surface area contributed by atoms with Gasteiger partial charge < -0.3 is 10.1 Å². The Hall–Kier alpha value is -1.51. The molecule has 110 valence electrons. The molecule has 0 aliphatic heterocycles. The van der Waals surface area contributed by atoms with Gasteiger partial charge in [0.05, 0.1) is 6.10 Å². The minimum atomic E-state index is -0.189. The van der Waals surface area contributed by atoms with Gasteiger partial charge in [-0.05, 0) is 50.5 Å². The van der Waals surface area contributed by atoms with Crippen LogP contribution in [0.5, 0.6) is 5.75 Å². The SMILES string of the molecule is CC[C@H](C)Oc1ccc(NC(=O)C2(C)CCCC2)cc1. The van der Waals surface area contributed by atoms with Gasteiger partial charge in [0, 0.05) is 11.1 Å². The fourth-order valence-electron chi connectivity index (χ4n) is 2.60. The molecular weight excluding hydrogens is 250 g/mol. The number of ether oxygens (including phenoxy) is 1. The van der Waals surface area contributed by atoms with Gasteiger partial charge in [0.1, 0.15) is 5.75 Å². The highest BCUT2D eigenvalue weighted by Crippen LogP contribution is 2.38. The van der Waals surface area contributed by atoms with Crippen molar-refractivity contribution < 1.29 is 9.53 Å². The van der Waals surface area contributed by atoms with Crippen molar-refractivity contribution >= 4 is 11.6 Å². The summed E-state index contributed by atoms with van der Waals surface area (Å²) in [6, 6.07) is 7.65. The smallest absolute Gasteiger partial charge is 0.230 e. The van der Waals surface area contributed by atoms with Crippen molar-refractivity contribution in [2.75, 3.05) is 5.32 Å². The quantitative estimate of drug-likeness (QED) is 0.866. The molecule has 1 atom stereocenters. The van der Waals surface area contributed by atoms with E-state index in [1.165, 1.54) is 0 Å². The third kappa shape index (κ3) is 3.53. The van der Waals surface area contributed by atoms with E-state index < -0.39 is 0 Å². The number of carbonyl (C=O) groups is 1. The zero-order valence-corrected chi connectivity index (χ0v) is 12.7. The van der Waals surface area contributed by atoms with Crippen LogP contribution in [-0.2, 0) is 4.79 Å². The molecule has 1 amide bonds. The second-order valence-electron chi connectivity index (χ2n) is 6.08. The Balaban J connectivity index is 1.95. The van der Waals surface area contributed by atoms with E-state index in [9.17, 15) is 4.79 Å². The van der Waals surface area contributed by atoms with Gasteiger partial charge in [0.15, 0.2) is 0 Å². The van der Waals surface area contributed by atoms with Gasteiger partial charge in [-0.25, -0.2) is 0 Å². The van der Waals surface area contributed by atoms with Gasteiger partial charge in [-0.3, -0.25) is 4.79 Å². The van der Waals surface area contributed by atoms with Crippen molar-refractivity contribution in [3.8, 4) is 5.75 Å². The van der Waals surface area contributed by atoms with Crippen molar-refractivity contribution in [3.05, 3.63) is 24.3 Å². The number of carbonyl (C=O) groups excluding carboxylic acids is 1. The molecule has 1 fully saturated rings. The first-order valence-electron chi connectivity index (χ1n) is 7.62. The summed E-state index contributed by atoms with van der Waals surface area (Å²) in [7, 11) is 0. The molecule has 20 heavy (non-hydrogen) atoms. The van der Waals surface area contributed by atoms with Crippen LogP contribution >= 0.6 is 0 Å². The zero-order valence-electron chi connectivity index (χ0n) is 12.7. The highest BCUT2D eigenvalue weighted by molar-refractivity contribution is 5.95. The molecule has 0 unspecified atom stereocenters. The molecule has 0 spiro atoms. The Kier molecular flexibility index (Phi) is 4.69. The largest absolute Gasteiger partial charge is 0.491 e.